The number of carbonyl (C=O) groups excluding carboxylic acids is 2. The predicted octanol–water partition coefficient (Wildman–Crippen LogP) is 5.14. The third-order valence-corrected chi connectivity index (χ3v) is 5.84. The molecule has 0 aliphatic carbocycles. The van der Waals surface area contributed by atoms with Gasteiger partial charge in [0.15, 0.2) is 0 Å². The second-order valence-corrected chi connectivity index (χ2v) is 8.70. The Morgan fingerprint density at radius 1 is 1.06 bits per heavy atom. The van der Waals surface area contributed by atoms with Gasteiger partial charge in [0.2, 0.25) is 5.91 Å². The zero-order chi connectivity index (χ0) is 24.8. The lowest BCUT2D eigenvalue weighted by Gasteiger charge is -2.12. The minimum absolute atomic E-state index is 0.00995. The van der Waals surface area contributed by atoms with Crippen molar-refractivity contribution < 1.29 is 14.3 Å². The van der Waals surface area contributed by atoms with Gasteiger partial charge in [-0.05, 0) is 60.9 Å². The summed E-state index contributed by atoms with van der Waals surface area (Å²) in [7, 11) is 0. The van der Waals surface area contributed by atoms with E-state index < -0.39 is 0 Å². The maximum Gasteiger partial charge on any atom is 0.251 e. The molecule has 0 saturated carbocycles. The van der Waals surface area contributed by atoms with Gasteiger partial charge in [0.25, 0.3) is 5.91 Å². The molecule has 2 amide bonds. The van der Waals surface area contributed by atoms with Crippen molar-refractivity contribution in [2.24, 2.45) is 5.92 Å². The minimum atomic E-state index is -0.201. The number of ether oxygens (including phenoxy) is 1. The van der Waals surface area contributed by atoms with Crippen LogP contribution in [0.3, 0.4) is 0 Å². The Hall–Kier alpha value is -4.13. The van der Waals surface area contributed by atoms with Gasteiger partial charge >= 0.3 is 0 Å². The van der Waals surface area contributed by atoms with Gasteiger partial charge in [-0.1, -0.05) is 38.1 Å². The van der Waals surface area contributed by atoms with E-state index in [1.54, 1.807) is 18.2 Å². The van der Waals surface area contributed by atoms with E-state index in [-0.39, 0.29) is 17.7 Å². The molecule has 2 N–H and O–H groups in total. The first-order valence-electron chi connectivity index (χ1n) is 11.8. The molecule has 0 saturated heterocycles. The molecule has 180 valence electrons. The van der Waals surface area contributed by atoms with Gasteiger partial charge in [-0.2, -0.15) is 0 Å². The second-order valence-electron chi connectivity index (χ2n) is 8.70. The highest BCUT2D eigenvalue weighted by Gasteiger charge is 2.11. The van der Waals surface area contributed by atoms with Crippen molar-refractivity contribution in [2.45, 2.75) is 40.3 Å². The van der Waals surface area contributed by atoms with Gasteiger partial charge in [0.1, 0.15) is 18.0 Å². The van der Waals surface area contributed by atoms with Crippen LogP contribution in [0.2, 0.25) is 0 Å². The Morgan fingerprint density at radius 2 is 1.89 bits per heavy atom. The van der Waals surface area contributed by atoms with Crippen molar-refractivity contribution in [3.63, 3.8) is 0 Å². The monoisotopic (exact) mass is 470 g/mol. The summed E-state index contributed by atoms with van der Waals surface area (Å²) in [4.78, 5) is 29.4. The molecule has 0 spiro atoms. The molecule has 0 fully saturated rings. The summed E-state index contributed by atoms with van der Waals surface area (Å²) in [6.45, 7) is 6.57. The normalized spacial score (nSPS) is 11.7. The summed E-state index contributed by atoms with van der Waals surface area (Å²) >= 11 is 0. The number of fused-ring (bicyclic) bond motifs is 1. The molecule has 2 aromatic heterocycles. The van der Waals surface area contributed by atoms with E-state index in [2.05, 4.69) is 15.6 Å². The third-order valence-electron chi connectivity index (χ3n) is 5.84. The number of rotatable bonds is 9. The number of aryl methyl sites for hydroxylation is 1. The average Bonchev–Trinajstić information content (AvgIpc) is 3.28. The van der Waals surface area contributed by atoms with Crippen LogP contribution in [-0.2, 0) is 17.9 Å². The average molecular weight is 471 g/mol. The zero-order valence-corrected chi connectivity index (χ0v) is 20.2. The first-order valence-corrected chi connectivity index (χ1v) is 11.8. The number of nitrogens with zero attached hydrogens (tertiary/aromatic N) is 2. The fourth-order valence-corrected chi connectivity index (χ4v) is 3.60. The molecule has 4 rings (SSSR count). The van der Waals surface area contributed by atoms with Gasteiger partial charge in [-0.25, -0.2) is 4.98 Å². The largest absolute Gasteiger partial charge is 0.487 e. The van der Waals surface area contributed by atoms with Crippen molar-refractivity contribution in [1.82, 2.24) is 14.7 Å². The summed E-state index contributed by atoms with van der Waals surface area (Å²) in [5.74, 6) is 0.336. The van der Waals surface area contributed by atoms with Crippen LogP contribution >= 0.6 is 0 Å². The van der Waals surface area contributed by atoms with Crippen LogP contribution < -0.4 is 15.4 Å². The molecule has 7 heteroatoms. The first kappa shape index (κ1) is 24.0. The van der Waals surface area contributed by atoms with E-state index in [1.807, 2.05) is 80.0 Å². The number of anilines is 1. The number of imidazole rings is 1. The lowest BCUT2D eigenvalue weighted by Crippen LogP contribution is -2.23. The molecule has 2 heterocycles. The lowest BCUT2D eigenvalue weighted by atomic mass is 10.1. The number of benzene rings is 2. The molecule has 0 aliphatic heterocycles. The fraction of sp³-hybridized carbons (Fsp3) is 0.250. The van der Waals surface area contributed by atoms with E-state index in [9.17, 15) is 9.59 Å². The highest BCUT2D eigenvalue weighted by Crippen LogP contribution is 2.17. The van der Waals surface area contributed by atoms with Crippen molar-refractivity contribution >= 4 is 23.1 Å². The number of amides is 2. The van der Waals surface area contributed by atoms with E-state index in [0.717, 1.165) is 34.6 Å². The quantitative estimate of drug-likeness (QED) is 0.355. The minimum Gasteiger partial charge on any atom is -0.487 e. The molecular weight excluding hydrogens is 440 g/mol. The first-order chi connectivity index (χ1) is 16.9. The molecule has 0 aliphatic rings. The smallest absolute Gasteiger partial charge is 0.251 e. The third kappa shape index (κ3) is 6.26. The topological polar surface area (TPSA) is 84.7 Å². The van der Waals surface area contributed by atoms with E-state index in [4.69, 9.17) is 4.74 Å². The molecule has 1 unspecified atom stereocenters. The number of pyridine rings is 1. The van der Waals surface area contributed by atoms with Gasteiger partial charge in [-0.3, -0.25) is 9.59 Å². The Bertz CT molecular complexity index is 1350. The molecule has 35 heavy (non-hydrogen) atoms. The molecule has 2 aromatic carbocycles. The summed E-state index contributed by atoms with van der Waals surface area (Å²) in [6.07, 6.45) is 4.74. The van der Waals surface area contributed by atoms with Crippen molar-refractivity contribution in [1.29, 1.82) is 0 Å². The Balaban J connectivity index is 1.34. The number of nitrogens with one attached hydrogen (secondary N) is 2. The fourth-order valence-electron chi connectivity index (χ4n) is 3.60. The molecule has 0 bridgehead atoms. The van der Waals surface area contributed by atoms with Crippen LogP contribution in [0.25, 0.3) is 5.65 Å². The number of aromatic nitrogens is 2. The maximum absolute atomic E-state index is 12.7. The highest BCUT2D eigenvalue weighted by atomic mass is 16.5. The van der Waals surface area contributed by atoms with Gasteiger partial charge in [0, 0.05) is 36.1 Å². The molecule has 4 aromatic rings. The van der Waals surface area contributed by atoms with Crippen molar-refractivity contribution in [3.8, 4) is 5.75 Å². The summed E-state index contributed by atoms with van der Waals surface area (Å²) in [6, 6.07) is 18.6. The van der Waals surface area contributed by atoms with Crippen LogP contribution in [0.4, 0.5) is 5.69 Å². The summed E-state index contributed by atoms with van der Waals surface area (Å²) in [5, 5.41) is 5.85. The summed E-state index contributed by atoms with van der Waals surface area (Å²) in [5.41, 5.74) is 4.96. The molecule has 1 atom stereocenters. The summed E-state index contributed by atoms with van der Waals surface area (Å²) < 4.78 is 7.87. The van der Waals surface area contributed by atoms with Gasteiger partial charge in [0.05, 0.1) is 5.69 Å². The lowest BCUT2D eigenvalue weighted by molar-refractivity contribution is -0.119. The Labute approximate surface area is 205 Å². The zero-order valence-electron chi connectivity index (χ0n) is 20.2. The SMILES string of the molecule is CCC(C)C(=O)Nc1cccc(CNC(=O)c2cccc(OCc3cn4cc(C)ccc4n3)c2)c1. The number of hydrogen-bond donors (Lipinski definition) is 2. The van der Waals surface area contributed by atoms with Gasteiger partial charge < -0.3 is 19.8 Å². The van der Waals surface area contributed by atoms with Crippen LogP contribution in [-0.4, -0.2) is 21.2 Å². The van der Waals surface area contributed by atoms with E-state index in [0.29, 0.717) is 24.5 Å². The van der Waals surface area contributed by atoms with Crippen LogP contribution in [0.5, 0.6) is 5.75 Å². The van der Waals surface area contributed by atoms with Crippen LogP contribution in [0.1, 0.15) is 47.4 Å². The standard InChI is InChI=1S/C28H30N4O3/c1-4-20(3)27(33)31-23-9-5-7-21(13-23)15-29-28(34)22-8-6-10-25(14-22)35-18-24-17-32-16-19(2)11-12-26(32)30-24/h5-14,16-17,20H,4,15,18H2,1-3H3,(H,29,34)(H,31,33). The Morgan fingerprint density at radius 3 is 2.71 bits per heavy atom. The van der Waals surface area contributed by atoms with Crippen molar-refractivity contribution in [3.05, 3.63) is 95.4 Å². The maximum atomic E-state index is 12.7. The van der Waals surface area contributed by atoms with E-state index >= 15 is 0 Å². The number of hydrogen-bond acceptors (Lipinski definition) is 4. The highest BCUT2D eigenvalue weighted by molar-refractivity contribution is 5.94. The second kappa shape index (κ2) is 10.9. The molecule has 7 nitrogen and oxygen atoms in total. The van der Waals surface area contributed by atoms with Crippen LogP contribution in [0, 0.1) is 12.8 Å². The molecule has 0 radical (unpaired) electrons. The Kier molecular flexibility index (Phi) is 7.45. The van der Waals surface area contributed by atoms with Gasteiger partial charge in [-0.15, -0.1) is 0 Å². The van der Waals surface area contributed by atoms with Crippen molar-refractivity contribution in [2.75, 3.05) is 5.32 Å². The van der Waals surface area contributed by atoms with E-state index in [1.165, 1.54) is 0 Å². The number of carbonyl (C=O) groups is 2. The predicted molar refractivity (Wildman–Crippen MR) is 136 cm³/mol. The molecular formula is C28H30N4O3. The van der Waals surface area contributed by atoms with Crippen LogP contribution in [0.15, 0.2) is 73.1 Å².